The van der Waals surface area contributed by atoms with Crippen LogP contribution in [0.15, 0.2) is 291 Å². The van der Waals surface area contributed by atoms with Gasteiger partial charge in [-0.1, -0.05) is 206 Å². The van der Waals surface area contributed by atoms with Crippen LogP contribution in [-0.4, -0.2) is 17.2 Å². The lowest BCUT2D eigenvalue weighted by atomic mass is 9.88. The third-order valence-electron chi connectivity index (χ3n) is 16.3. The number of para-hydroxylation sites is 3. The second-order valence-corrected chi connectivity index (χ2v) is 24.2. The Kier molecular flexibility index (Phi) is 10.4. The lowest BCUT2D eigenvalue weighted by Gasteiger charge is -2.35. The number of fused-ring (bicyclic) bond motifs is 9. The van der Waals surface area contributed by atoms with E-state index in [0.717, 1.165) is 29.2 Å². The van der Waals surface area contributed by atoms with Gasteiger partial charge in [-0.25, -0.2) is 0 Å². The van der Waals surface area contributed by atoms with Crippen LogP contribution in [0.3, 0.4) is 0 Å². The highest BCUT2D eigenvalue weighted by atomic mass is 28.3. The molecular formula is C72H51N3Si. The van der Waals surface area contributed by atoms with E-state index in [1.165, 1.54) is 97.9 Å². The first-order valence-electron chi connectivity index (χ1n) is 26.5. The maximum atomic E-state index is 2.52. The summed E-state index contributed by atoms with van der Waals surface area (Å²) in [4.78, 5) is 2.42. The molecule has 0 saturated heterocycles. The molecule has 13 aromatic rings. The van der Waals surface area contributed by atoms with Crippen LogP contribution in [-0.2, 0) is 0 Å². The van der Waals surface area contributed by atoms with Crippen LogP contribution in [0.2, 0.25) is 0 Å². The predicted molar refractivity (Wildman–Crippen MR) is 324 cm³/mol. The number of nitrogens with zero attached hydrogens (tertiary/aromatic N) is 3. The number of aromatic nitrogens is 2. The van der Waals surface area contributed by atoms with Crippen molar-refractivity contribution >= 4 is 95.2 Å². The Morgan fingerprint density at radius 1 is 0.355 bits per heavy atom. The second-order valence-electron chi connectivity index (χ2n) is 20.4. The van der Waals surface area contributed by atoms with E-state index in [1.54, 1.807) is 0 Å². The maximum Gasteiger partial charge on any atom is 0.179 e. The van der Waals surface area contributed by atoms with Gasteiger partial charge in [0.05, 0.1) is 22.1 Å². The molecule has 0 spiro atoms. The molecule has 0 fully saturated rings. The van der Waals surface area contributed by atoms with Crippen LogP contribution in [0, 0.1) is 0 Å². The van der Waals surface area contributed by atoms with Gasteiger partial charge in [0.1, 0.15) is 0 Å². The van der Waals surface area contributed by atoms with Gasteiger partial charge < -0.3 is 14.0 Å². The van der Waals surface area contributed by atoms with Crippen molar-refractivity contribution in [3.63, 3.8) is 0 Å². The molecule has 1 aliphatic heterocycles. The van der Waals surface area contributed by atoms with Crippen molar-refractivity contribution in [2.24, 2.45) is 0 Å². The average Bonchev–Trinajstić information content (AvgIpc) is 4.18. The first-order valence-corrected chi connectivity index (χ1v) is 28.5. The predicted octanol–water partition coefficient (Wildman–Crippen LogP) is 16.0. The summed E-state index contributed by atoms with van der Waals surface area (Å²) >= 11 is 0. The molecule has 3 heterocycles. The molecule has 0 saturated carbocycles. The van der Waals surface area contributed by atoms with Gasteiger partial charge >= 0.3 is 0 Å². The molecule has 0 N–H and O–H groups in total. The number of hydrogen-bond acceptors (Lipinski definition) is 1. The third kappa shape index (κ3) is 6.88. The Labute approximate surface area is 443 Å². The van der Waals surface area contributed by atoms with Gasteiger partial charge in [-0.3, -0.25) is 0 Å². The van der Waals surface area contributed by atoms with E-state index < -0.39 is 8.07 Å². The number of allylic oxidation sites excluding steroid dienone is 4. The van der Waals surface area contributed by atoms with Crippen molar-refractivity contribution in [3.05, 3.63) is 297 Å². The fourth-order valence-corrected chi connectivity index (χ4v) is 17.7. The smallest absolute Gasteiger partial charge is 0.179 e. The van der Waals surface area contributed by atoms with Crippen molar-refractivity contribution in [3.8, 4) is 27.9 Å². The summed E-state index contributed by atoms with van der Waals surface area (Å²) in [7, 11) is -2.74. The molecule has 2 aliphatic rings. The monoisotopic (exact) mass is 985 g/mol. The summed E-state index contributed by atoms with van der Waals surface area (Å²) in [6.07, 6.45) is 7.88. The van der Waals surface area contributed by atoms with E-state index in [1.807, 2.05) is 0 Å². The molecular weight excluding hydrogens is 935 g/mol. The molecule has 358 valence electrons. The van der Waals surface area contributed by atoms with Crippen LogP contribution in [0.1, 0.15) is 17.9 Å². The minimum absolute atomic E-state index is 0.358. The van der Waals surface area contributed by atoms with Crippen molar-refractivity contribution in [1.29, 1.82) is 0 Å². The van der Waals surface area contributed by atoms with Crippen LogP contribution < -0.4 is 25.6 Å². The van der Waals surface area contributed by atoms with Gasteiger partial charge in [0.25, 0.3) is 0 Å². The molecule has 11 aromatic carbocycles. The Morgan fingerprint density at radius 2 is 0.816 bits per heavy atom. The SMILES string of the molecule is C1=CCC2C(=C1)n1c3ccccc3c3cc(-c4ccc(N(c5ccc(-c6ccc7c8ccccc8n(-c8ccccc8)c7c6)cc5)c5ccc([Si](c6ccccc6)(c6ccccc6)c6ccccc6)cc5)cc4)cc2c31. The first-order chi connectivity index (χ1) is 37.7. The minimum atomic E-state index is -2.74. The number of rotatable bonds is 10. The van der Waals surface area contributed by atoms with Gasteiger partial charge in [-0.15, -0.1) is 0 Å². The molecule has 1 aliphatic carbocycles. The Morgan fingerprint density at radius 3 is 1.41 bits per heavy atom. The molecule has 2 aromatic heterocycles. The maximum absolute atomic E-state index is 2.74. The molecule has 76 heavy (non-hydrogen) atoms. The van der Waals surface area contributed by atoms with E-state index in [2.05, 4.69) is 305 Å². The Balaban J connectivity index is 0.861. The van der Waals surface area contributed by atoms with Crippen LogP contribution in [0.4, 0.5) is 17.1 Å². The summed E-state index contributed by atoms with van der Waals surface area (Å²) in [5.41, 5.74) is 17.1. The minimum Gasteiger partial charge on any atom is -0.312 e. The largest absolute Gasteiger partial charge is 0.312 e. The molecule has 0 radical (unpaired) electrons. The topological polar surface area (TPSA) is 13.1 Å². The van der Waals surface area contributed by atoms with Gasteiger partial charge in [-0.05, 0) is 140 Å². The van der Waals surface area contributed by atoms with E-state index in [9.17, 15) is 0 Å². The van der Waals surface area contributed by atoms with E-state index in [-0.39, 0.29) is 0 Å². The number of anilines is 3. The van der Waals surface area contributed by atoms with Crippen molar-refractivity contribution in [1.82, 2.24) is 9.13 Å². The highest BCUT2D eigenvalue weighted by molar-refractivity contribution is 7.19. The Hall–Kier alpha value is -9.48. The molecule has 3 nitrogen and oxygen atoms in total. The van der Waals surface area contributed by atoms with Crippen molar-refractivity contribution in [2.45, 2.75) is 12.3 Å². The highest BCUT2D eigenvalue weighted by Gasteiger charge is 2.41. The molecule has 4 heteroatoms. The second kappa shape index (κ2) is 17.9. The summed E-state index contributed by atoms with van der Waals surface area (Å²) in [6, 6.07) is 102. The molecule has 1 unspecified atom stereocenters. The summed E-state index contributed by atoms with van der Waals surface area (Å²) in [5.74, 6) is 0.358. The highest BCUT2D eigenvalue weighted by Crippen LogP contribution is 2.51. The lowest BCUT2D eigenvalue weighted by molar-refractivity contribution is 0.873. The molecule has 1 atom stereocenters. The normalized spacial score (nSPS) is 13.9. The number of benzene rings is 11. The first kappa shape index (κ1) is 44.0. The van der Waals surface area contributed by atoms with Crippen LogP contribution in [0.25, 0.3) is 77.2 Å². The zero-order chi connectivity index (χ0) is 50.2. The standard InChI is InChI=1S/C72H51N3Si/c1-5-19-54(20-6-1)74-68-30-16-13-27-62(68)65-46-37-52(49-71(65)74)50-33-38-55(39-34-50)73(57-42-44-61(45-43-57)76(58-21-7-2-8-22-58,59-23-9-3-10-24-59)60-25-11-4-12-26-60)56-40-35-51(36-41-56)53-47-66-63-28-14-17-31-69(63)75-70-32-18-15-29-64(70)67(48-53)72(66)75/h1-28,30-49,64H,29H2. The fourth-order valence-electron chi connectivity index (χ4n) is 12.9. The average molecular weight is 986 g/mol. The van der Waals surface area contributed by atoms with Crippen molar-refractivity contribution in [2.75, 3.05) is 4.90 Å². The van der Waals surface area contributed by atoms with E-state index >= 15 is 0 Å². The summed E-state index contributed by atoms with van der Waals surface area (Å²) in [6.45, 7) is 0. The third-order valence-corrected chi connectivity index (χ3v) is 21.1. The van der Waals surface area contributed by atoms with E-state index in [0.29, 0.717) is 5.92 Å². The van der Waals surface area contributed by atoms with E-state index in [4.69, 9.17) is 0 Å². The van der Waals surface area contributed by atoms with Crippen LogP contribution in [0.5, 0.6) is 0 Å². The zero-order valence-corrected chi connectivity index (χ0v) is 42.8. The Bertz CT molecular complexity index is 4290. The van der Waals surface area contributed by atoms with Crippen LogP contribution >= 0.6 is 0 Å². The molecule has 0 bridgehead atoms. The van der Waals surface area contributed by atoms with Gasteiger partial charge in [0, 0.05) is 55.9 Å². The summed E-state index contributed by atoms with van der Waals surface area (Å²) in [5, 5.41) is 10.6. The summed E-state index contributed by atoms with van der Waals surface area (Å²) < 4.78 is 4.92. The van der Waals surface area contributed by atoms with Gasteiger partial charge in [0.15, 0.2) is 8.07 Å². The van der Waals surface area contributed by atoms with Gasteiger partial charge in [0.2, 0.25) is 0 Å². The zero-order valence-electron chi connectivity index (χ0n) is 41.8. The quantitative estimate of drug-likeness (QED) is 0.0983. The van der Waals surface area contributed by atoms with Gasteiger partial charge in [-0.2, -0.15) is 0 Å². The number of hydrogen-bond donors (Lipinski definition) is 0. The fraction of sp³-hybridized carbons (Fsp3) is 0.0278. The lowest BCUT2D eigenvalue weighted by Crippen LogP contribution is -2.74. The molecule has 15 rings (SSSR count). The molecule has 0 amide bonds. The van der Waals surface area contributed by atoms with Crippen molar-refractivity contribution < 1.29 is 0 Å².